The summed E-state index contributed by atoms with van der Waals surface area (Å²) in [6, 6.07) is 6.47. The Morgan fingerprint density at radius 3 is 2.96 bits per heavy atom. The molecule has 1 aromatic carbocycles. The van der Waals surface area contributed by atoms with Gasteiger partial charge in [0.25, 0.3) is 5.56 Å². The van der Waals surface area contributed by atoms with Crippen molar-refractivity contribution < 1.29 is 9.13 Å². The van der Waals surface area contributed by atoms with E-state index in [1.807, 2.05) is 4.90 Å². The lowest BCUT2D eigenvalue weighted by molar-refractivity contribution is 0.228. The summed E-state index contributed by atoms with van der Waals surface area (Å²) < 4.78 is 20.8. The van der Waals surface area contributed by atoms with Crippen molar-refractivity contribution in [2.75, 3.05) is 24.6 Å². The third-order valence-electron chi connectivity index (χ3n) is 4.46. The highest BCUT2D eigenvalue weighted by atomic mass is 19.1. The van der Waals surface area contributed by atoms with Crippen molar-refractivity contribution in [2.24, 2.45) is 13.0 Å². The van der Waals surface area contributed by atoms with E-state index in [1.54, 1.807) is 42.2 Å². The monoisotopic (exact) mass is 331 g/mol. The van der Waals surface area contributed by atoms with Crippen molar-refractivity contribution in [1.29, 1.82) is 0 Å². The summed E-state index contributed by atoms with van der Waals surface area (Å²) >= 11 is 0. The normalized spacial score (nSPS) is 18.2. The first-order valence-corrected chi connectivity index (χ1v) is 8.29. The van der Waals surface area contributed by atoms with Crippen LogP contribution in [0, 0.1) is 11.7 Å². The Hall–Kier alpha value is -2.37. The molecule has 2 aromatic rings. The molecule has 1 atom stereocenters. The van der Waals surface area contributed by atoms with Gasteiger partial charge in [0.05, 0.1) is 6.61 Å². The van der Waals surface area contributed by atoms with Gasteiger partial charge in [-0.25, -0.2) is 9.37 Å². The Labute approximate surface area is 140 Å². The molecule has 3 rings (SSSR count). The SMILES string of the molecule is Cn1ccnc(N2CCCC(COc3ccccc3F)CC2)c1=O. The molecule has 6 heteroatoms. The van der Waals surface area contributed by atoms with Crippen molar-refractivity contribution in [2.45, 2.75) is 19.3 Å². The minimum atomic E-state index is -0.329. The fourth-order valence-electron chi connectivity index (χ4n) is 3.01. The molecule has 5 nitrogen and oxygen atoms in total. The molecule has 2 heterocycles. The molecule has 0 spiro atoms. The zero-order valence-corrected chi connectivity index (χ0v) is 13.8. The third kappa shape index (κ3) is 3.75. The predicted octanol–water partition coefficient (Wildman–Crippen LogP) is 2.60. The molecule has 24 heavy (non-hydrogen) atoms. The average molecular weight is 331 g/mol. The molecule has 0 amide bonds. The number of halogens is 1. The van der Waals surface area contributed by atoms with Crippen molar-refractivity contribution in [3.8, 4) is 5.75 Å². The lowest BCUT2D eigenvalue weighted by Gasteiger charge is -2.21. The number of rotatable bonds is 4. The van der Waals surface area contributed by atoms with E-state index < -0.39 is 0 Å². The maximum Gasteiger partial charge on any atom is 0.293 e. The summed E-state index contributed by atoms with van der Waals surface area (Å²) in [5.74, 6) is 0.833. The highest BCUT2D eigenvalue weighted by Crippen LogP contribution is 2.22. The number of para-hydroxylation sites is 1. The van der Waals surface area contributed by atoms with Gasteiger partial charge in [-0.15, -0.1) is 0 Å². The van der Waals surface area contributed by atoms with Crippen LogP contribution in [0.3, 0.4) is 0 Å². The van der Waals surface area contributed by atoms with E-state index in [1.165, 1.54) is 6.07 Å². The molecule has 128 valence electrons. The van der Waals surface area contributed by atoms with Crippen LogP contribution in [0.5, 0.6) is 5.75 Å². The molecule has 0 aliphatic carbocycles. The van der Waals surface area contributed by atoms with Gasteiger partial charge >= 0.3 is 0 Å². The van der Waals surface area contributed by atoms with Gasteiger partial charge in [-0.05, 0) is 37.3 Å². The second-order valence-electron chi connectivity index (χ2n) is 6.19. The predicted molar refractivity (Wildman–Crippen MR) is 90.9 cm³/mol. The van der Waals surface area contributed by atoms with Gasteiger partial charge in [-0.3, -0.25) is 4.79 Å². The number of aryl methyl sites for hydroxylation is 1. The maximum atomic E-state index is 13.6. The third-order valence-corrected chi connectivity index (χ3v) is 4.46. The Bertz CT molecular complexity index is 747. The van der Waals surface area contributed by atoms with Crippen molar-refractivity contribution in [3.63, 3.8) is 0 Å². The van der Waals surface area contributed by atoms with Gasteiger partial charge in [0.15, 0.2) is 17.4 Å². The van der Waals surface area contributed by atoms with Crippen LogP contribution >= 0.6 is 0 Å². The quantitative estimate of drug-likeness (QED) is 0.864. The van der Waals surface area contributed by atoms with Crippen molar-refractivity contribution in [1.82, 2.24) is 9.55 Å². The lowest BCUT2D eigenvalue weighted by Crippen LogP contribution is -2.33. The Morgan fingerprint density at radius 1 is 1.29 bits per heavy atom. The topological polar surface area (TPSA) is 47.4 Å². The summed E-state index contributed by atoms with van der Waals surface area (Å²) in [4.78, 5) is 18.5. The second-order valence-corrected chi connectivity index (χ2v) is 6.19. The first-order chi connectivity index (χ1) is 11.6. The zero-order chi connectivity index (χ0) is 16.9. The first-order valence-electron chi connectivity index (χ1n) is 8.29. The number of anilines is 1. The van der Waals surface area contributed by atoms with Crippen LogP contribution in [0.15, 0.2) is 41.5 Å². The number of aromatic nitrogens is 2. The van der Waals surface area contributed by atoms with Crippen molar-refractivity contribution in [3.05, 3.63) is 52.8 Å². The van der Waals surface area contributed by atoms with E-state index in [4.69, 9.17) is 4.74 Å². The summed E-state index contributed by atoms with van der Waals surface area (Å²) in [7, 11) is 1.73. The summed E-state index contributed by atoms with van der Waals surface area (Å²) in [5.41, 5.74) is -0.0708. The van der Waals surface area contributed by atoms with Crippen LogP contribution in [0.1, 0.15) is 19.3 Å². The highest BCUT2D eigenvalue weighted by molar-refractivity contribution is 5.35. The standard InChI is InChI=1S/C18H22FN3O2/c1-21-12-9-20-17(18(21)23)22-10-4-5-14(8-11-22)13-24-16-7-3-2-6-15(16)19/h2-3,6-7,9,12,14H,4-5,8,10-11,13H2,1H3. The molecule has 1 aliphatic rings. The number of nitrogens with zero attached hydrogens (tertiary/aromatic N) is 3. The van der Waals surface area contributed by atoms with E-state index in [0.717, 1.165) is 32.4 Å². The van der Waals surface area contributed by atoms with Crippen LogP contribution in [-0.2, 0) is 7.05 Å². The summed E-state index contributed by atoms with van der Waals surface area (Å²) in [5, 5.41) is 0. The molecule has 0 bridgehead atoms. The van der Waals surface area contributed by atoms with Gasteiger partial charge in [0.2, 0.25) is 0 Å². The van der Waals surface area contributed by atoms with Gasteiger partial charge in [0, 0.05) is 32.5 Å². The fourth-order valence-corrected chi connectivity index (χ4v) is 3.01. The van der Waals surface area contributed by atoms with E-state index in [-0.39, 0.29) is 11.4 Å². The minimum Gasteiger partial charge on any atom is -0.490 e. The highest BCUT2D eigenvalue weighted by Gasteiger charge is 2.21. The Balaban J connectivity index is 1.60. The summed E-state index contributed by atoms with van der Waals surface area (Å²) in [6.07, 6.45) is 6.17. The Morgan fingerprint density at radius 2 is 2.12 bits per heavy atom. The molecule has 0 saturated carbocycles. The van der Waals surface area contributed by atoms with Gasteiger partial charge in [-0.1, -0.05) is 12.1 Å². The molecule has 0 N–H and O–H groups in total. The van der Waals surface area contributed by atoms with Crippen LogP contribution in [0.25, 0.3) is 0 Å². The summed E-state index contributed by atoms with van der Waals surface area (Å²) in [6.45, 7) is 2.06. The van der Waals surface area contributed by atoms with Crippen LogP contribution in [-0.4, -0.2) is 29.2 Å². The first kappa shape index (κ1) is 16.5. The number of hydrogen-bond acceptors (Lipinski definition) is 4. The molecule has 0 radical (unpaired) electrons. The smallest absolute Gasteiger partial charge is 0.293 e. The lowest BCUT2D eigenvalue weighted by atomic mass is 10.0. The molecular formula is C18H22FN3O2. The zero-order valence-electron chi connectivity index (χ0n) is 13.8. The molecule has 1 unspecified atom stereocenters. The Kier molecular flexibility index (Phi) is 5.13. The van der Waals surface area contributed by atoms with Gasteiger partial charge in [0.1, 0.15) is 0 Å². The molecule has 1 aliphatic heterocycles. The van der Waals surface area contributed by atoms with E-state index >= 15 is 0 Å². The van der Waals surface area contributed by atoms with Crippen LogP contribution < -0.4 is 15.2 Å². The molecule has 1 aromatic heterocycles. The van der Waals surface area contributed by atoms with Crippen LogP contribution in [0.4, 0.5) is 10.2 Å². The molecule has 1 saturated heterocycles. The minimum absolute atomic E-state index is 0.0708. The maximum absolute atomic E-state index is 13.6. The number of ether oxygens (including phenoxy) is 1. The number of hydrogen-bond donors (Lipinski definition) is 0. The second kappa shape index (κ2) is 7.47. The fraction of sp³-hybridized carbons (Fsp3) is 0.444. The van der Waals surface area contributed by atoms with E-state index in [9.17, 15) is 9.18 Å². The van der Waals surface area contributed by atoms with Gasteiger partial charge < -0.3 is 14.2 Å². The number of benzene rings is 1. The average Bonchev–Trinajstić information content (AvgIpc) is 2.82. The largest absolute Gasteiger partial charge is 0.490 e. The molecular weight excluding hydrogens is 309 g/mol. The molecule has 1 fully saturated rings. The van der Waals surface area contributed by atoms with E-state index in [0.29, 0.717) is 24.1 Å². The van der Waals surface area contributed by atoms with Crippen LogP contribution in [0.2, 0.25) is 0 Å². The van der Waals surface area contributed by atoms with E-state index in [2.05, 4.69) is 4.98 Å². The van der Waals surface area contributed by atoms with Gasteiger partial charge in [-0.2, -0.15) is 0 Å². The van der Waals surface area contributed by atoms with Crippen molar-refractivity contribution >= 4 is 5.82 Å².